The lowest BCUT2D eigenvalue weighted by Crippen LogP contribution is -2.26. The Morgan fingerprint density at radius 2 is 1.71 bits per heavy atom. The number of carboxylic acids is 2. The number of anilines is 1. The molecule has 2 rings (SSSR count). The number of hydrogen-bond acceptors (Lipinski definition) is 6. The maximum Gasteiger partial charge on any atom is 0.414 e. The molecule has 0 unspecified atom stereocenters. The van der Waals surface area contributed by atoms with Gasteiger partial charge < -0.3 is 19.7 Å². The molecule has 9 nitrogen and oxygen atoms in total. The summed E-state index contributed by atoms with van der Waals surface area (Å²) in [4.78, 5) is 32.4. The fourth-order valence-corrected chi connectivity index (χ4v) is 2.51. The molecular weight excluding hydrogens is 368 g/mol. The van der Waals surface area contributed by atoms with Crippen molar-refractivity contribution in [1.82, 2.24) is 4.90 Å². The van der Waals surface area contributed by atoms with Crippen LogP contribution in [0.1, 0.15) is 31.7 Å². The Morgan fingerprint density at radius 1 is 1.07 bits per heavy atom. The average molecular weight is 396 g/mol. The van der Waals surface area contributed by atoms with Crippen molar-refractivity contribution in [2.45, 2.75) is 32.8 Å². The van der Waals surface area contributed by atoms with Gasteiger partial charge in [-0.1, -0.05) is 25.1 Å². The number of carboxylic acid groups (broad SMARTS) is 2. The number of amides is 1. The van der Waals surface area contributed by atoms with E-state index < -0.39 is 18.0 Å². The van der Waals surface area contributed by atoms with Crippen molar-refractivity contribution >= 4 is 23.7 Å². The predicted molar refractivity (Wildman–Crippen MR) is 102 cm³/mol. The summed E-state index contributed by atoms with van der Waals surface area (Å²) in [6.07, 6.45) is 3.07. The molecule has 0 radical (unpaired) electrons. The smallest absolute Gasteiger partial charge is 0.414 e. The van der Waals surface area contributed by atoms with Crippen LogP contribution in [0.25, 0.3) is 0 Å². The van der Waals surface area contributed by atoms with Gasteiger partial charge in [0.25, 0.3) is 0 Å². The monoisotopic (exact) mass is 396 g/mol. The molecule has 1 aliphatic heterocycles. The average Bonchev–Trinajstić information content (AvgIpc) is 3.17. The Hall–Kier alpha value is -2.65. The first-order valence-electron chi connectivity index (χ1n) is 9.22. The third-order valence-electron chi connectivity index (χ3n) is 3.88. The van der Waals surface area contributed by atoms with Crippen LogP contribution in [-0.4, -0.2) is 66.0 Å². The van der Waals surface area contributed by atoms with Gasteiger partial charge in [-0.2, -0.15) is 0 Å². The first kappa shape index (κ1) is 23.4. The lowest BCUT2D eigenvalue weighted by atomic mass is 10.2. The third-order valence-corrected chi connectivity index (χ3v) is 3.88. The third kappa shape index (κ3) is 9.89. The molecule has 1 amide bonds. The van der Waals surface area contributed by atoms with Crippen LogP contribution in [-0.2, 0) is 25.7 Å². The first-order valence-corrected chi connectivity index (χ1v) is 9.22. The van der Waals surface area contributed by atoms with Gasteiger partial charge in [0.05, 0.1) is 6.61 Å². The number of likely N-dealkylation sites (tertiary alicyclic amines) is 1. The molecule has 0 bridgehead atoms. The van der Waals surface area contributed by atoms with Gasteiger partial charge in [-0.3, -0.25) is 10.2 Å². The van der Waals surface area contributed by atoms with Crippen LogP contribution >= 0.6 is 0 Å². The second-order valence-electron chi connectivity index (χ2n) is 6.13. The summed E-state index contributed by atoms with van der Waals surface area (Å²) in [5, 5.41) is 17.6. The van der Waals surface area contributed by atoms with Gasteiger partial charge in [-0.25, -0.2) is 14.4 Å². The zero-order valence-electron chi connectivity index (χ0n) is 16.1. The molecule has 156 valence electrons. The number of benzene rings is 1. The van der Waals surface area contributed by atoms with Crippen molar-refractivity contribution in [3.05, 3.63) is 29.8 Å². The van der Waals surface area contributed by atoms with Gasteiger partial charge in [0.2, 0.25) is 0 Å². The van der Waals surface area contributed by atoms with Crippen LogP contribution in [0.5, 0.6) is 0 Å². The number of ether oxygens (including phenoxy) is 2. The molecule has 9 heteroatoms. The number of aliphatic carboxylic acids is 2. The van der Waals surface area contributed by atoms with Gasteiger partial charge in [-0.05, 0) is 38.4 Å². The topological polar surface area (TPSA) is 125 Å². The zero-order valence-corrected chi connectivity index (χ0v) is 16.1. The summed E-state index contributed by atoms with van der Waals surface area (Å²) < 4.78 is 10.8. The molecule has 0 aliphatic carbocycles. The molecule has 28 heavy (non-hydrogen) atoms. The van der Waals surface area contributed by atoms with E-state index >= 15 is 0 Å². The van der Waals surface area contributed by atoms with Crippen molar-refractivity contribution < 1.29 is 34.1 Å². The van der Waals surface area contributed by atoms with E-state index in [1.807, 2.05) is 24.3 Å². The minimum Gasteiger partial charge on any atom is -0.473 e. The summed E-state index contributed by atoms with van der Waals surface area (Å²) >= 11 is 0. The van der Waals surface area contributed by atoms with Crippen molar-refractivity contribution in [2.24, 2.45) is 0 Å². The Kier molecular flexibility index (Phi) is 11.3. The number of rotatable bonds is 8. The van der Waals surface area contributed by atoms with Crippen LogP contribution < -0.4 is 5.32 Å². The highest BCUT2D eigenvalue weighted by molar-refractivity contribution is 6.27. The van der Waals surface area contributed by atoms with Crippen molar-refractivity contribution in [1.29, 1.82) is 0 Å². The Morgan fingerprint density at radius 3 is 2.32 bits per heavy atom. The van der Waals surface area contributed by atoms with Crippen LogP contribution in [0, 0.1) is 0 Å². The van der Waals surface area contributed by atoms with Crippen molar-refractivity contribution in [2.75, 3.05) is 38.2 Å². The lowest BCUT2D eigenvalue weighted by molar-refractivity contribution is -0.159. The number of para-hydroxylation sites is 1. The molecule has 0 saturated carbocycles. The van der Waals surface area contributed by atoms with Crippen LogP contribution in [0.4, 0.5) is 10.5 Å². The molecule has 1 fully saturated rings. The second kappa shape index (κ2) is 13.5. The predicted octanol–water partition coefficient (Wildman–Crippen LogP) is 2.41. The Labute approximate surface area is 164 Å². The van der Waals surface area contributed by atoms with E-state index in [2.05, 4.69) is 17.1 Å². The van der Waals surface area contributed by atoms with E-state index in [1.165, 1.54) is 12.8 Å². The number of nitrogens with one attached hydrogen (secondary N) is 1. The summed E-state index contributed by atoms with van der Waals surface area (Å²) in [7, 11) is 0. The molecule has 0 aromatic heterocycles. The second-order valence-corrected chi connectivity index (χ2v) is 6.13. The number of hydrogen-bond donors (Lipinski definition) is 3. The summed E-state index contributed by atoms with van der Waals surface area (Å²) in [5.74, 6) is -3.65. The summed E-state index contributed by atoms with van der Waals surface area (Å²) in [6, 6.07) is 7.65. The number of carbonyl (C=O) groups is 3. The van der Waals surface area contributed by atoms with Crippen molar-refractivity contribution in [3.63, 3.8) is 0 Å². The highest BCUT2D eigenvalue weighted by atomic mass is 16.5. The number of nitrogens with zero attached hydrogens (tertiary/aromatic N) is 1. The first-order chi connectivity index (χ1) is 13.4. The number of carbonyl (C=O) groups excluding carboxylic acids is 1. The zero-order chi connectivity index (χ0) is 20.8. The normalized spacial score (nSPS) is 13.3. The molecule has 1 aromatic carbocycles. The standard InChI is InChI=1S/C17H26N2O3.C2H2O4/c1-2-12-21-14-15-7-3-4-8-16(15)18-17(20)22-13-11-19-9-5-6-10-19;3-1(4)2(5)6/h3-4,7-8H,2,5-6,9-14H2,1H3,(H,18,20);(H,3,4)(H,5,6). The Balaban J connectivity index is 0.000000568. The SMILES string of the molecule is CCCOCc1ccccc1NC(=O)OCCN1CCCC1.O=C(O)C(=O)O. The quantitative estimate of drug-likeness (QED) is 0.452. The van der Waals surface area contributed by atoms with Gasteiger partial charge in [0.1, 0.15) is 6.61 Å². The fraction of sp³-hybridized carbons (Fsp3) is 0.526. The molecule has 0 spiro atoms. The molecule has 1 aromatic rings. The highest BCUT2D eigenvalue weighted by Gasteiger charge is 2.12. The van der Waals surface area contributed by atoms with E-state index in [9.17, 15) is 4.79 Å². The highest BCUT2D eigenvalue weighted by Crippen LogP contribution is 2.16. The van der Waals surface area contributed by atoms with Gasteiger partial charge in [0, 0.05) is 24.4 Å². The molecule has 1 heterocycles. The minimum absolute atomic E-state index is 0.401. The molecular formula is C19H28N2O7. The van der Waals surface area contributed by atoms with Gasteiger partial charge >= 0.3 is 18.0 Å². The van der Waals surface area contributed by atoms with E-state index in [1.54, 1.807) is 0 Å². The molecule has 1 saturated heterocycles. The Bertz CT molecular complexity index is 618. The van der Waals surface area contributed by atoms with E-state index in [0.717, 1.165) is 37.3 Å². The minimum atomic E-state index is -1.82. The fourth-order valence-electron chi connectivity index (χ4n) is 2.51. The summed E-state index contributed by atoms with van der Waals surface area (Å²) in [6.45, 7) is 6.76. The maximum absolute atomic E-state index is 11.9. The van der Waals surface area contributed by atoms with E-state index in [4.69, 9.17) is 29.3 Å². The summed E-state index contributed by atoms with van der Waals surface area (Å²) in [5.41, 5.74) is 1.72. The van der Waals surface area contributed by atoms with Gasteiger partial charge in [0.15, 0.2) is 0 Å². The van der Waals surface area contributed by atoms with Gasteiger partial charge in [-0.15, -0.1) is 0 Å². The molecule has 3 N–H and O–H groups in total. The lowest BCUT2D eigenvalue weighted by Gasteiger charge is -2.15. The largest absolute Gasteiger partial charge is 0.473 e. The van der Waals surface area contributed by atoms with Crippen LogP contribution in [0.2, 0.25) is 0 Å². The van der Waals surface area contributed by atoms with E-state index in [-0.39, 0.29) is 0 Å². The van der Waals surface area contributed by atoms with E-state index in [0.29, 0.717) is 19.8 Å². The molecule has 0 atom stereocenters. The maximum atomic E-state index is 11.9. The van der Waals surface area contributed by atoms with Crippen molar-refractivity contribution in [3.8, 4) is 0 Å². The molecule has 1 aliphatic rings. The van der Waals surface area contributed by atoms with Crippen LogP contribution in [0.3, 0.4) is 0 Å². The van der Waals surface area contributed by atoms with Crippen LogP contribution in [0.15, 0.2) is 24.3 Å².